The molecule has 1 fully saturated rings. The Bertz CT molecular complexity index is 807. The molecule has 1 aliphatic heterocycles. The Morgan fingerprint density at radius 1 is 1.08 bits per heavy atom. The molecule has 7 heteroatoms. The third-order valence-corrected chi connectivity index (χ3v) is 3.94. The van der Waals surface area contributed by atoms with Crippen LogP contribution in [-0.2, 0) is 11.3 Å². The zero-order valence-corrected chi connectivity index (χ0v) is 14.1. The van der Waals surface area contributed by atoms with Gasteiger partial charge < -0.3 is 15.4 Å². The molecule has 1 heterocycles. The fourth-order valence-corrected chi connectivity index (χ4v) is 2.58. The number of carbonyl (C=O) groups is 3. The molecular formula is C19H19N3O4. The number of amides is 4. The Morgan fingerprint density at radius 2 is 1.81 bits per heavy atom. The molecule has 134 valence electrons. The predicted octanol–water partition coefficient (Wildman–Crippen LogP) is 1.55. The number of para-hydroxylation sites is 1. The molecule has 2 N–H and O–H groups in total. The molecule has 0 saturated carbocycles. The van der Waals surface area contributed by atoms with Crippen LogP contribution in [0.25, 0.3) is 0 Å². The van der Waals surface area contributed by atoms with Crippen molar-refractivity contribution in [1.82, 2.24) is 15.5 Å². The molecule has 1 aliphatic rings. The van der Waals surface area contributed by atoms with Gasteiger partial charge in [-0.15, -0.1) is 0 Å². The van der Waals surface area contributed by atoms with Crippen LogP contribution in [0.3, 0.4) is 0 Å². The van der Waals surface area contributed by atoms with Crippen LogP contribution >= 0.6 is 0 Å². The highest BCUT2D eigenvalue weighted by Crippen LogP contribution is 2.18. The van der Waals surface area contributed by atoms with E-state index >= 15 is 0 Å². The Morgan fingerprint density at radius 3 is 2.54 bits per heavy atom. The van der Waals surface area contributed by atoms with Crippen LogP contribution in [0.2, 0.25) is 0 Å². The molecule has 1 saturated heterocycles. The lowest BCUT2D eigenvalue weighted by Gasteiger charge is -2.14. The highest BCUT2D eigenvalue weighted by atomic mass is 16.5. The first-order valence-electron chi connectivity index (χ1n) is 8.27. The van der Waals surface area contributed by atoms with Crippen molar-refractivity contribution in [2.45, 2.75) is 6.54 Å². The normalized spacial score (nSPS) is 13.2. The first-order valence-corrected chi connectivity index (χ1v) is 8.27. The van der Waals surface area contributed by atoms with Gasteiger partial charge in [-0.2, -0.15) is 0 Å². The van der Waals surface area contributed by atoms with Crippen LogP contribution in [-0.4, -0.2) is 42.4 Å². The van der Waals surface area contributed by atoms with E-state index in [9.17, 15) is 14.4 Å². The summed E-state index contributed by atoms with van der Waals surface area (Å²) >= 11 is 0. The number of carbonyl (C=O) groups excluding carboxylic acids is 3. The smallest absolute Gasteiger partial charge is 0.324 e. The molecule has 0 spiro atoms. The number of urea groups is 1. The van der Waals surface area contributed by atoms with E-state index in [1.807, 2.05) is 30.3 Å². The average molecular weight is 353 g/mol. The molecular weight excluding hydrogens is 334 g/mol. The van der Waals surface area contributed by atoms with Crippen molar-refractivity contribution >= 4 is 17.8 Å². The van der Waals surface area contributed by atoms with Crippen molar-refractivity contribution in [3.63, 3.8) is 0 Å². The largest absolute Gasteiger partial charge is 0.483 e. The molecule has 2 aromatic carbocycles. The summed E-state index contributed by atoms with van der Waals surface area (Å²) in [6.45, 7) is 0.834. The number of imide groups is 1. The maximum absolute atomic E-state index is 12.4. The monoisotopic (exact) mass is 353 g/mol. The summed E-state index contributed by atoms with van der Waals surface area (Å²) < 4.78 is 5.50. The predicted molar refractivity (Wildman–Crippen MR) is 94.7 cm³/mol. The van der Waals surface area contributed by atoms with Gasteiger partial charge in [0, 0.05) is 19.6 Å². The first-order chi connectivity index (χ1) is 12.6. The zero-order valence-electron chi connectivity index (χ0n) is 14.1. The summed E-state index contributed by atoms with van der Waals surface area (Å²) in [7, 11) is 0. The van der Waals surface area contributed by atoms with E-state index in [1.54, 1.807) is 24.3 Å². The standard InChI is InChI=1S/C19H19N3O4/c23-17(22-11-10-20-19(22)25)13-26-16-9-5-4-8-15(16)18(24)21-12-14-6-2-1-3-7-14/h1-9H,10-13H2,(H,20,25)(H,21,24). The fraction of sp³-hybridized carbons (Fsp3) is 0.211. The van der Waals surface area contributed by atoms with Crippen LogP contribution in [0.4, 0.5) is 4.79 Å². The summed E-state index contributed by atoms with van der Waals surface area (Å²) in [5.41, 5.74) is 1.32. The number of benzene rings is 2. The van der Waals surface area contributed by atoms with Gasteiger partial charge in [-0.1, -0.05) is 42.5 Å². The van der Waals surface area contributed by atoms with Crippen molar-refractivity contribution in [3.05, 3.63) is 65.7 Å². The van der Waals surface area contributed by atoms with Crippen molar-refractivity contribution in [2.75, 3.05) is 19.7 Å². The first kappa shape index (κ1) is 17.5. The SMILES string of the molecule is O=C(NCc1ccccc1)c1ccccc1OCC(=O)N1CCNC1=O. The third kappa shape index (κ3) is 4.18. The Labute approximate surface area is 150 Å². The average Bonchev–Trinajstić information content (AvgIpc) is 3.11. The van der Waals surface area contributed by atoms with Crippen molar-refractivity contribution in [1.29, 1.82) is 0 Å². The lowest BCUT2D eigenvalue weighted by atomic mass is 10.1. The number of hydrogen-bond donors (Lipinski definition) is 2. The van der Waals surface area contributed by atoms with Crippen LogP contribution in [0.5, 0.6) is 5.75 Å². The van der Waals surface area contributed by atoms with Gasteiger partial charge in [0.25, 0.3) is 11.8 Å². The van der Waals surface area contributed by atoms with Crippen LogP contribution < -0.4 is 15.4 Å². The Kier molecular flexibility index (Phi) is 5.48. The quantitative estimate of drug-likeness (QED) is 0.825. The van der Waals surface area contributed by atoms with Crippen molar-refractivity contribution < 1.29 is 19.1 Å². The highest BCUT2D eigenvalue weighted by molar-refractivity contribution is 5.98. The van der Waals surface area contributed by atoms with Crippen molar-refractivity contribution in [3.8, 4) is 5.75 Å². The van der Waals surface area contributed by atoms with Gasteiger partial charge in [0.15, 0.2) is 6.61 Å². The highest BCUT2D eigenvalue weighted by Gasteiger charge is 2.26. The Hall–Kier alpha value is -3.35. The van der Waals surface area contributed by atoms with E-state index in [0.717, 1.165) is 10.5 Å². The number of hydrogen-bond acceptors (Lipinski definition) is 4. The number of nitrogens with zero attached hydrogens (tertiary/aromatic N) is 1. The summed E-state index contributed by atoms with van der Waals surface area (Å²) in [4.78, 5) is 37.1. The van der Waals surface area contributed by atoms with Gasteiger partial charge in [0.2, 0.25) is 0 Å². The number of rotatable bonds is 6. The zero-order chi connectivity index (χ0) is 18.4. The fourth-order valence-electron chi connectivity index (χ4n) is 2.58. The van der Waals surface area contributed by atoms with Gasteiger partial charge in [-0.05, 0) is 17.7 Å². The van der Waals surface area contributed by atoms with Crippen LogP contribution in [0, 0.1) is 0 Å². The molecule has 2 aromatic rings. The van der Waals surface area contributed by atoms with Crippen LogP contribution in [0.15, 0.2) is 54.6 Å². The lowest BCUT2D eigenvalue weighted by molar-refractivity contribution is -0.129. The topological polar surface area (TPSA) is 87.7 Å². The lowest BCUT2D eigenvalue weighted by Crippen LogP contribution is -2.37. The number of ether oxygens (including phenoxy) is 1. The van der Waals surface area contributed by atoms with Crippen molar-refractivity contribution in [2.24, 2.45) is 0 Å². The molecule has 0 aliphatic carbocycles. The maximum Gasteiger partial charge on any atom is 0.324 e. The van der Waals surface area contributed by atoms with E-state index in [-0.39, 0.29) is 12.5 Å². The minimum atomic E-state index is -0.445. The van der Waals surface area contributed by atoms with Gasteiger partial charge in [0.1, 0.15) is 5.75 Å². The molecule has 7 nitrogen and oxygen atoms in total. The molecule has 0 bridgehead atoms. The minimum absolute atomic E-state index is 0.296. The maximum atomic E-state index is 12.4. The van der Waals surface area contributed by atoms with E-state index in [1.165, 1.54) is 0 Å². The molecule has 0 aromatic heterocycles. The van der Waals surface area contributed by atoms with Gasteiger partial charge in [-0.25, -0.2) is 4.79 Å². The van der Waals surface area contributed by atoms with E-state index < -0.39 is 11.9 Å². The molecule has 0 radical (unpaired) electrons. The van der Waals surface area contributed by atoms with Gasteiger partial charge in [-0.3, -0.25) is 14.5 Å². The van der Waals surface area contributed by atoms with Gasteiger partial charge in [0.05, 0.1) is 5.56 Å². The summed E-state index contributed by atoms with van der Waals surface area (Å²) in [6.07, 6.45) is 0. The molecule has 3 rings (SSSR count). The second kappa shape index (κ2) is 8.15. The van der Waals surface area contributed by atoms with Crippen LogP contribution in [0.1, 0.15) is 15.9 Å². The minimum Gasteiger partial charge on any atom is -0.483 e. The molecule has 4 amide bonds. The molecule has 0 atom stereocenters. The Balaban J connectivity index is 1.61. The van der Waals surface area contributed by atoms with E-state index in [2.05, 4.69) is 10.6 Å². The second-order valence-corrected chi connectivity index (χ2v) is 5.73. The van der Waals surface area contributed by atoms with Gasteiger partial charge >= 0.3 is 6.03 Å². The summed E-state index contributed by atoms with van der Waals surface area (Å²) in [6, 6.07) is 15.8. The molecule has 26 heavy (non-hydrogen) atoms. The third-order valence-electron chi connectivity index (χ3n) is 3.94. The second-order valence-electron chi connectivity index (χ2n) is 5.73. The molecule has 0 unspecified atom stereocenters. The summed E-state index contributed by atoms with van der Waals surface area (Å²) in [5.74, 6) is -0.443. The van der Waals surface area contributed by atoms with E-state index in [4.69, 9.17) is 4.74 Å². The van der Waals surface area contributed by atoms with E-state index in [0.29, 0.717) is 30.9 Å². The summed E-state index contributed by atoms with van der Waals surface area (Å²) in [5, 5.41) is 5.38. The number of nitrogens with one attached hydrogen (secondary N) is 2.